The number of hydrazone groups is 1. The number of rotatable bonds is 7. The molecule has 0 bridgehead atoms. The second-order valence-electron chi connectivity index (χ2n) is 5.24. The zero-order valence-corrected chi connectivity index (χ0v) is 14.0. The first-order chi connectivity index (χ1) is 11.1. The SMILES string of the molecule is C/C(CCc1ccc(OCc2ccccc2)cc1)=N\NC(N)=S. The highest BCUT2D eigenvalue weighted by Crippen LogP contribution is 2.15. The number of aryl methyl sites for hydroxylation is 1. The molecule has 2 aromatic rings. The van der Waals surface area contributed by atoms with Crippen LogP contribution >= 0.6 is 12.2 Å². The van der Waals surface area contributed by atoms with Gasteiger partial charge in [0, 0.05) is 5.71 Å². The van der Waals surface area contributed by atoms with E-state index in [0.717, 1.165) is 29.9 Å². The van der Waals surface area contributed by atoms with Crippen LogP contribution in [0.15, 0.2) is 59.7 Å². The van der Waals surface area contributed by atoms with Crippen molar-refractivity contribution in [3.63, 3.8) is 0 Å². The van der Waals surface area contributed by atoms with Crippen molar-refractivity contribution < 1.29 is 4.74 Å². The lowest BCUT2D eigenvalue weighted by atomic mass is 10.1. The Morgan fingerprint density at radius 2 is 1.78 bits per heavy atom. The standard InChI is InChI=1S/C18H21N3OS/c1-14(20-21-18(19)23)7-8-15-9-11-17(12-10-15)22-13-16-5-3-2-4-6-16/h2-6,9-12H,7-8,13H2,1H3,(H3,19,21,23)/b20-14+. The number of nitrogens with one attached hydrogen (secondary N) is 1. The van der Waals surface area contributed by atoms with E-state index in [9.17, 15) is 0 Å². The molecule has 0 saturated heterocycles. The first kappa shape index (κ1) is 17.0. The third-order valence-corrected chi connectivity index (χ3v) is 3.40. The number of thiocarbonyl (C=S) groups is 1. The monoisotopic (exact) mass is 327 g/mol. The number of nitrogens with two attached hydrogens (primary N) is 1. The zero-order chi connectivity index (χ0) is 16.5. The third kappa shape index (κ3) is 6.48. The molecule has 0 aliphatic carbocycles. The van der Waals surface area contributed by atoms with Gasteiger partial charge in [0.15, 0.2) is 5.11 Å². The van der Waals surface area contributed by atoms with E-state index in [1.165, 1.54) is 5.56 Å². The second kappa shape index (κ2) is 8.90. The summed E-state index contributed by atoms with van der Waals surface area (Å²) in [6.45, 7) is 2.53. The first-order valence-electron chi connectivity index (χ1n) is 7.48. The van der Waals surface area contributed by atoms with Crippen LogP contribution < -0.4 is 15.9 Å². The highest BCUT2D eigenvalue weighted by molar-refractivity contribution is 7.80. The maximum Gasteiger partial charge on any atom is 0.184 e. The average Bonchev–Trinajstić information content (AvgIpc) is 2.58. The Morgan fingerprint density at radius 1 is 1.09 bits per heavy atom. The average molecular weight is 327 g/mol. The molecule has 23 heavy (non-hydrogen) atoms. The fourth-order valence-electron chi connectivity index (χ4n) is 2.02. The molecule has 0 spiro atoms. The van der Waals surface area contributed by atoms with Gasteiger partial charge in [-0.15, -0.1) is 0 Å². The topological polar surface area (TPSA) is 59.6 Å². The number of hydrogen-bond donors (Lipinski definition) is 2. The fraction of sp³-hybridized carbons (Fsp3) is 0.222. The molecule has 0 unspecified atom stereocenters. The van der Waals surface area contributed by atoms with E-state index in [2.05, 4.69) is 34.8 Å². The third-order valence-electron chi connectivity index (χ3n) is 3.30. The summed E-state index contributed by atoms with van der Waals surface area (Å²) in [5.41, 5.74) is 11.3. The van der Waals surface area contributed by atoms with Crippen LogP contribution in [0.1, 0.15) is 24.5 Å². The summed E-state index contributed by atoms with van der Waals surface area (Å²) >= 11 is 4.71. The van der Waals surface area contributed by atoms with Crippen molar-refractivity contribution >= 4 is 23.0 Å². The molecule has 0 radical (unpaired) electrons. The Morgan fingerprint density at radius 3 is 2.43 bits per heavy atom. The number of ether oxygens (including phenoxy) is 1. The first-order valence-corrected chi connectivity index (χ1v) is 7.88. The van der Waals surface area contributed by atoms with Crippen LogP contribution in [0.3, 0.4) is 0 Å². The molecule has 120 valence electrons. The van der Waals surface area contributed by atoms with Crippen LogP contribution in [0, 0.1) is 0 Å². The van der Waals surface area contributed by atoms with Crippen molar-refractivity contribution in [2.24, 2.45) is 10.8 Å². The Hall–Kier alpha value is -2.40. The van der Waals surface area contributed by atoms with E-state index < -0.39 is 0 Å². The molecule has 0 aliphatic rings. The molecule has 3 N–H and O–H groups in total. The second-order valence-corrected chi connectivity index (χ2v) is 5.68. The molecular formula is C18H21N3OS. The minimum atomic E-state index is 0.185. The molecule has 2 aromatic carbocycles. The molecule has 0 fully saturated rings. The minimum Gasteiger partial charge on any atom is -0.489 e. The Balaban J connectivity index is 1.80. The summed E-state index contributed by atoms with van der Waals surface area (Å²) in [4.78, 5) is 0. The van der Waals surface area contributed by atoms with Crippen LogP contribution in [0.2, 0.25) is 0 Å². The number of nitrogens with zero attached hydrogens (tertiary/aromatic N) is 1. The normalized spacial score (nSPS) is 11.1. The highest BCUT2D eigenvalue weighted by Gasteiger charge is 1.99. The van der Waals surface area contributed by atoms with Gasteiger partial charge in [0.1, 0.15) is 12.4 Å². The lowest BCUT2D eigenvalue weighted by molar-refractivity contribution is 0.306. The van der Waals surface area contributed by atoms with Crippen molar-refractivity contribution in [3.05, 3.63) is 65.7 Å². The van der Waals surface area contributed by atoms with E-state index in [1.54, 1.807) is 0 Å². The fourth-order valence-corrected chi connectivity index (χ4v) is 2.07. The molecule has 0 heterocycles. The van der Waals surface area contributed by atoms with Crippen LogP contribution in [0.5, 0.6) is 5.75 Å². The van der Waals surface area contributed by atoms with E-state index in [-0.39, 0.29) is 5.11 Å². The Bertz CT molecular complexity index is 654. The van der Waals surface area contributed by atoms with Crippen LogP contribution in [0.25, 0.3) is 0 Å². The van der Waals surface area contributed by atoms with E-state index in [1.807, 2.05) is 37.3 Å². The molecule has 0 aromatic heterocycles. The summed E-state index contributed by atoms with van der Waals surface area (Å²) in [6.07, 6.45) is 1.76. The van der Waals surface area contributed by atoms with Crippen LogP contribution in [0.4, 0.5) is 0 Å². The van der Waals surface area contributed by atoms with Gasteiger partial charge in [0.25, 0.3) is 0 Å². The number of benzene rings is 2. The molecule has 4 nitrogen and oxygen atoms in total. The molecule has 0 saturated carbocycles. The number of hydrogen-bond acceptors (Lipinski definition) is 3. The molecule has 0 amide bonds. The Labute approximate surface area is 142 Å². The zero-order valence-electron chi connectivity index (χ0n) is 13.2. The largest absolute Gasteiger partial charge is 0.489 e. The van der Waals surface area contributed by atoms with Gasteiger partial charge in [0.2, 0.25) is 0 Å². The van der Waals surface area contributed by atoms with Gasteiger partial charge in [-0.1, -0.05) is 42.5 Å². The predicted molar refractivity (Wildman–Crippen MR) is 98.6 cm³/mol. The Kier molecular flexibility index (Phi) is 6.56. The van der Waals surface area contributed by atoms with E-state index >= 15 is 0 Å². The van der Waals surface area contributed by atoms with Crippen molar-refractivity contribution in [1.82, 2.24) is 5.43 Å². The van der Waals surface area contributed by atoms with Gasteiger partial charge < -0.3 is 10.5 Å². The van der Waals surface area contributed by atoms with Gasteiger partial charge in [-0.3, -0.25) is 5.43 Å². The molecule has 5 heteroatoms. The lowest BCUT2D eigenvalue weighted by Crippen LogP contribution is -2.25. The summed E-state index contributed by atoms with van der Waals surface area (Å²) < 4.78 is 5.78. The van der Waals surface area contributed by atoms with E-state index in [4.69, 9.17) is 22.7 Å². The maximum atomic E-state index is 5.78. The van der Waals surface area contributed by atoms with Crippen molar-refractivity contribution in [2.75, 3.05) is 0 Å². The van der Waals surface area contributed by atoms with Gasteiger partial charge >= 0.3 is 0 Å². The van der Waals surface area contributed by atoms with Gasteiger partial charge in [0.05, 0.1) is 0 Å². The smallest absolute Gasteiger partial charge is 0.184 e. The van der Waals surface area contributed by atoms with Gasteiger partial charge in [-0.2, -0.15) is 5.10 Å². The minimum absolute atomic E-state index is 0.185. The quantitative estimate of drug-likeness (QED) is 0.465. The molecule has 0 aliphatic heterocycles. The summed E-state index contributed by atoms with van der Waals surface area (Å²) in [6, 6.07) is 18.3. The van der Waals surface area contributed by atoms with Gasteiger partial charge in [-0.25, -0.2) is 0 Å². The summed E-state index contributed by atoms with van der Waals surface area (Å²) in [5.74, 6) is 0.873. The van der Waals surface area contributed by atoms with Crippen molar-refractivity contribution in [1.29, 1.82) is 0 Å². The highest BCUT2D eigenvalue weighted by atomic mass is 32.1. The predicted octanol–water partition coefficient (Wildman–Crippen LogP) is 3.41. The summed E-state index contributed by atoms with van der Waals surface area (Å²) in [5, 5.41) is 4.28. The van der Waals surface area contributed by atoms with Crippen LogP contribution in [-0.2, 0) is 13.0 Å². The summed E-state index contributed by atoms with van der Waals surface area (Å²) in [7, 11) is 0. The molecule has 2 rings (SSSR count). The maximum absolute atomic E-state index is 5.78. The molecular weight excluding hydrogens is 306 g/mol. The van der Waals surface area contributed by atoms with Crippen LogP contribution in [-0.4, -0.2) is 10.8 Å². The van der Waals surface area contributed by atoms with Crippen molar-refractivity contribution in [2.45, 2.75) is 26.4 Å². The van der Waals surface area contributed by atoms with E-state index in [0.29, 0.717) is 6.61 Å². The van der Waals surface area contributed by atoms with Gasteiger partial charge in [-0.05, 0) is 55.2 Å². The van der Waals surface area contributed by atoms with Crippen molar-refractivity contribution in [3.8, 4) is 5.75 Å². The lowest BCUT2D eigenvalue weighted by Gasteiger charge is -2.07. The molecule has 0 atom stereocenters.